The topological polar surface area (TPSA) is 20.3 Å². The lowest BCUT2D eigenvalue weighted by molar-refractivity contribution is -0.125. The molecule has 0 aromatic rings. The molecule has 0 saturated heterocycles. The maximum absolute atomic E-state index is 11.2. The normalized spacial score (nSPS) is 24.3. The van der Waals surface area contributed by atoms with Crippen LogP contribution >= 0.6 is 0 Å². The van der Waals surface area contributed by atoms with E-state index in [0.29, 0.717) is 6.04 Å². The second-order valence-corrected chi connectivity index (χ2v) is 3.12. The Kier molecular flexibility index (Phi) is 2.32. The minimum atomic E-state index is 0.184. The van der Waals surface area contributed by atoms with E-state index in [9.17, 15) is 4.79 Å². The summed E-state index contributed by atoms with van der Waals surface area (Å²) in [7, 11) is 1.87. The Balaban J connectivity index is 2.64. The summed E-state index contributed by atoms with van der Waals surface area (Å²) in [6, 6.07) is 0.354. The van der Waals surface area contributed by atoms with E-state index in [0.717, 1.165) is 18.4 Å². The van der Waals surface area contributed by atoms with Gasteiger partial charge in [-0.15, -0.1) is 0 Å². The zero-order valence-electron chi connectivity index (χ0n) is 7.42. The Morgan fingerprint density at radius 3 is 2.64 bits per heavy atom. The molecule has 1 rings (SSSR count). The lowest BCUT2D eigenvalue weighted by Gasteiger charge is -2.18. The highest BCUT2D eigenvalue weighted by Gasteiger charge is 2.25. The molecule has 0 aromatic carbocycles. The fourth-order valence-electron chi connectivity index (χ4n) is 1.47. The van der Waals surface area contributed by atoms with Gasteiger partial charge in [-0.25, -0.2) is 0 Å². The van der Waals surface area contributed by atoms with Crippen LogP contribution in [0, 0.1) is 0 Å². The van der Waals surface area contributed by atoms with Gasteiger partial charge in [0.2, 0.25) is 5.91 Å². The van der Waals surface area contributed by atoms with Crippen LogP contribution in [0.5, 0.6) is 0 Å². The summed E-state index contributed by atoms with van der Waals surface area (Å²) in [4.78, 5) is 13.1. The second kappa shape index (κ2) is 3.07. The molecule has 1 aliphatic rings. The maximum atomic E-state index is 11.2. The van der Waals surface area contributed by atoms with E-state index in [4.69, 9.17) is 0 Å². The molecule has 62 valence electrons. The van der Waals surface area contributed by atoms with Gasteiger partial charge in [0, 0.05) is 12.6 Å². The van der Waals surface area contributed by atoms with Crippen LogP contribution < -0.4 is 0 Å². The number of nitrogens with zero attached hydrogens (tertiary/aromatic N) is 1. The largest absolute Gasteiger partial charge is 0.336 e. The third kappa shape index (κ3) is 1.44. The van der Waals surface area contributed by atoms with Crippen molar-refractivity contribution in [1.82, 2.24) is 4.90 Å². The third-order valence-corrected chi connectivity index (χ3v) is 2.18. The summed E-state index contributed by atoms with van der Waals surface area (Å²) in [5.41, 5.74) is 0.894. The van der Waals surface area contributed by atoms with E-state index in [1.165, 1.54) is 0 Å². The molecule has 2 nitrogen and oxygen atoms in total. The van der Waals surface area contributed by atoms with E-state index in [1.54, 1.807) is 0 Å². The highest BCUT2D eigenvalue weighted by Crippen LogP contribution is 2.18. The fraction of sp³-hybridized carbons (Fsp3) is 0.667. The van der Waals surface area contributed by atoms with Crippen molar-refractivity contribution in [2.45, 2.75) is 32.7 Å². The molecular formula is C9H15NO. The summed E-state index contributed by atoms with van der Waals surface area (Å²) in [6.07, 6.45) is 4.28. The van der Waals surface area contributed by atoms with E-state index >= 15 is 0 Å². The first kappa shape index (κ1) is 8.31. The first-order valence-electron chi connectivity index (χ1n) is 4.12. The molecule has 0 N–H and O–H groups in total. The highest BCUT2D eigenvalue weighted by atomic mass is 16.2. The number of likely N-dealkylation sites (N-methyl/N-ethyl adjacent to an activating group) is 1. The van der Waals surface area contributed by atoms with Crippen molar-refractivity contribution in [1.29, 1.82) is 0 Å². The van der Waals surface area contributed by atoms with Crippen molar-refractivity contribution < 1.29 is 4.79 Å². The number of carbonyl (C=O) groups is 1. The zero-order valence-corrected chi connectivity index (χ0v) is 7.42. The SMILES string of the molecule is CCCC1C=C(C)C(=O)N1C. The van der Waals surface area contributed by atoms with E-state index in [-0.39, 0.29) is 5.91 Å². The molecule has 1 unspecified atom stereocenters. The van der Waals surface area contributed by atoms with Gasteiger partial charge in [-0.3, -0.25) is 4.79 Å². The van der Waals surface area contributed by atoms with Gasteiger partial charge in [-0.1, -0.05) is 19.4 Å². The third-order valence-electron chi connectivity index (χ3n) is 2.18. The lowest BCUT2D eigenvalue weighted by Crippen LogP contribution is -2.29. The Labute approximate surface area is 67.9 Å². The monoisotopic (exact) mass is 153 g/mol. The number of carbonyl (C=O) groups excluding carboxylic acids is 1. The van der Waals surface area contributed by atoms with Gasteiger partial charge in [0.05, 0.1) is 6.04 Å². The van der Waals surface area contributed by atoms with Gasteiger partial charge in [0.1, 0.15) is 0 Å². The van der Waals surface area contributed by atoms with Crippen LogP contribution in [-0.2, 0) is 4.79 Å². The minimum absolute atomic E-state index is 0.184. The Hall–Kier alpha value is -0.790. The van der Waals surface area contributed by atoms with Gasteiger partial charge in [-0.2, -0.15) is 0 Å². The molecule has 1 atom stereocenters. The Morgan fingerprint density at radius 2 is 2.27 bits per heavy atom. The maximum Gasteiger partial charge on any atom is 0.249 e. The smallest absolute Gasteiger partial charge is 0.249 e. The molecule has 1 aliphatic heterocycles. The van der Waals surface area contributed by atoms with Crippen LogP contribution in [-0.4, -0.2) is 23.9 Å². The van der Waals surface area contributed by atoms with E-state index < -0.39 is 0 Å². The number of hydrogen-bond acceptors (Lipinski definition) is 1. The molecule has 0 aromatic heterocycles. The first-order chi connectivity index (χ1) is 5.16. The van der Waals surface area contributed by atoms with Crippen molar-refractivity contribution in [2.75, 3.05) is 7.05 Å². The van der Waals surface area contributed by atoms with Crippen molar-refractivity contribution in [3.05, 3.63) is 11.6 Å². The second-order valence-electron chi connectivity index (χ2n) is 3.12. The molecule has 0 aliphatic carbocycles. The molecule has 1 heterocycles. The standard InChI is InChI=1S/C9H15NO/c1-4-5-8-6-7(2)9(11)10(8)3/h6,8H,4-5H2,1-3H3. The van der Waals surface area contributed by atoms with Gasteiger partial charge in [-0.05, 0) is 13.3 Å². The summed E-state index contributed by atoms with van der Waals surface area (Å²) in [6.45, 7) is 4.02. The van der Waals surface area contributed by atoms with Gasteiger partial charge >= 0.3 is 0 Å². The molecule has 0 saturated carbocycles. The van der Waals surface area contributed by atoms with Crippen LogP contribution in [0.4, 0.5) is 0 Å². The van der Waals surface area contributed by atoms with Gasteiger partial charge in [0.25, 0.3) is 0 Å². The van der Waals surface area contributed by atoms with Crippen molar-refractivity contribution in [3.8, 4) is 0 Å². The molecule has 0 bridgehead atoms. The number of hydrogen-bond donors (Lipinski definition) is 0. The van der Waals surface area contributed by atoms with Gasteiger partial charge in [0.15, 0.2) is 0 Å². The van der Waals surface area contributed by atoms with E-state index in [1.807, 2.05) is 18.9 Å². The summed E-state index contributed by atoms with van der Waals surface area (Å²) < 4.78 is 0. The van der Waals surface area contributed by atoms with Gasteiger partial charge < -0.3 is 4.90 Å². The average Bonchev–Trinajstić information content (AvgIpc) is 2.19. The Morgan fingerprint density at radius 1 is 1.64 bits per heavy atom. The molecule has 0 spiro atoms. The minimum Gasteiger partial charge on any atom is -0.336 e. The Bertz CT molecular complexity index is 196. The molecular weight excluding hydrogens is 138 g/mol. The zero-order chi connectivity index (χ0) is 8.43. The fourth-order valence-corrected chi connectivity index (χ4v) is 1.47. The van der Waals surface area contributed by atoms with Crippen LogP contribution in [0.2, 0.25) is 0 Å². The van der Waals surface area contributed by atoms with Crippen LogP contribution in [0.25, 0.3) is 0 Å². The molecule has 0 radical (unpaired) electrons. The molecule has 1 amide bonds. The molecule has 0 fully saturated rings. The number of rotatable bonds is 2. The summed E-state index contributed by atoms with van der Waals surface area (Å²) in [5, 5.41) is 0. The van der Waals surface area contributed by atoms with Crippen LogP contribution in [0.1, 0.15) is 26.7 Å². The summed E-state index contributed by atoms with van der Waals surface area (Å²) >= 11 is 0. The van der Waals surface area contributed by atoms with Crippen LogP contribution in [0.15, 0.2) is 11.6 Å². The van der Waals surface area contributed by atoms with Crippen molar-refractivity contribution in [3.63, 3.8) is 0 Å². The molecule has 11 heavy (non-hydrogen) atoms. The lowest BCUT2D eigenvalue weighted by atomic mass is 10.1. The van der Waals surface area contributed by atoms with Crippen molar-refractivity contribution in [2.24, 2.45) is 0 Å². The molecule has 2 heteroatoms. The van der Waals surface area contributed by atoms with E-state index in [2.05, 4.69) is 13.0 Å². The number of amides is 1. The predicted octanol–water partition coefficient (Wildman–Crippen LogP) is 1.57. The highest BCUT2D eigenvalue weighted by molar-refractivity contribution is 5.95. The predicted molar refractivity (Wildman–Crippen MR) is 45.2 cm³/mol. The first-order valence-corrected chi connectivity index (χ1v) is 4.12. The summed E-state index contributed by atoms with van der Waals surface area (Å²) in [5.74, 6) is 0.184. The van der Waals surface area contributed by atoms with Crippen molar-refractivity contribution >= 4 is 5.91 Å². The van der Waals surface area contributed by atoms with Crippen LogP contribution in [0.3, 0.4) is 0 Å². The quantitative estimate of drug-likeness (QED) is 0.589. The average molecular weight is 153 g/mol.